The highest BCUT2D eigenvalue weighted by Crippen LogP contribution is 2.28. The van der Waals surface area contributed by atoms with Crippen molar-refractivity contribution in [1.82, 2.24) is 9.99 Å². The van der Waals surface area contributed by atoms with E-state index in [0.717, 1.165) is 19.3 Å². The molecule has 2 aliphatic rings. The van der Waals surface area contributed by atoms with E-state index >= 15 is 0 Å². The lowest BCUT2D eigenvalue weighted by molar-refractivity contribution is -0.128. The highest BCUT2D eigenvalue weighted by atomic mass is 16.5. The Labute approximate surface area is 165 Å². The van der Waals surface area contributed by atoms with Gasteiger partial charge in [-0.25, -0.2) is 9.99 Å². The zero-order valence-electron chi connectivity index (χ0n) is 16.1. The summed E-state index contributed by atoms with van der Waals surface area (Å²) < 4.78 is 5.56. The average molecular weight is 376 g/mol. The van der Waals surface area contributed by atoms with Crippen molar-refractivity contribution >= 4 is 12.1 Å². The number of carbonyl (C=O) groups is 1. The minimum atomic E-state index is -0.122. The number of allylic oxidation sites excluding steroid dienone is 3. The first-order chi connectivity index (χ1) is 13.6. The zero-order chi connectivity index (χ0) is 19.9. The molecule has 0 saturated carbocycles. The van der Waals surface area contributed by atoms with E-state index in [-0.39, 0.29) is 11.9 Å². The third-order valence-corrected chi connectivity index (χ3v) is 4.82. The molecule has 28 heavy (non-hydrogen) atoms. The highest BCUT2D eigenvalue weighted by molar-refractivity contribution is 5.94. The average Bonchev–Trinajstić information content (AvgIpc) is 3.21. The van der Waals surface area contributed by atoms with Gasteiger partial charge in [0.2, 0.25) is 5.88 Å². The summed E-state index contributed by atoms with van der Waals surface area (Å²) in [6, 6.07) is 5.34. The summed E-state index contributed by atoms with van der Waals surface area (Å²) in [5.74, 6) is 0.344. The summed E-state index contributed by atoms with van der Waals surface area (Å²) in [4.78, 5) is 16.9. The maximum absolute atomic E-state index is 12.8. The molecule has 0 spiro atoms. The molecule has 3 rings (SSSR count). The molecule has 1 atom stereocenters. The normalized spacial score (nSPS) is 18.3. The van der Waals surface area contributed by atoms with Gasteiger partial charge in [-0.1, -0.05) is 24.3 Å². The highest BCUT2D eigenvalue weighted by Gasteiger charge is 2.31. The molecule has 0 N–H and O–H groups in total. The number of hydrazone groups is 1. The molecule has 0 bridgehead atoms. The van der Waals surface area contributed by atoms with E-state index in [9.17, 15) is 4.79 Å². The Morgan fingerprint density at radius 2 is 2.32 bits per heavy atom. The fourth-order valence-corrected chi connectivity index (χ4v) is 3.33. The molecule has 1 aromatic heterocycles. The van der Waals surface area contributed by atoms with Crippen LogP contribution in [0.2, 0.25) is 0 Å². The van der Waals surface area contributed by atoms with Gasteiger partial charge in [-0.2, -0.15) is 10.4 Å². The number of hydrogen-bond donors (Lipinski definition) is 0. The van der Waals surface area contributed by atoms with Gasteiger partial charge < -0.3 is 4.74 Å². The quantitative estimate of drug-likeness (QED) is 0.534. The van der Waals surface area contributed by atoms with Gasteiger partial charge in [-0.05, 0) is 44.2 Å². The minimum absolute atomic E-state index is 0.00648. The molecule has 6 nitrogen and oxygen atoms in total. The predicted molar refractivity (Wildman–Crippen MR) is 108 cm³/mol. The van der Waals surface area contributed by atoms with Crippen LogP contribution in [0.15, 0.2) is 58.9 Å². The van der Waals surface area contributed by atoms with Gasteiger partial charge in [0.05, 0.1) is 18.2 Å². The van der Waals surface area contributed by atoms with Crippen molar-refractivity contribution in [2.24, 2.45) is 5.10 Å². The van der Waals surface area contributed by atoms with Crippen molar-refractivity contribution in [2.45, 2.75) is 45.1 Å². The Balaban J connectivity index is 1.48. The SMILES string of the molecule is C=C(CCCOc1ccc(C#N)cn1)C(=O)N1N=CCC1C1=CC(C)=CCC1. The molecule has 0 saturated heterocycles. The van der Waals surface area contributed by atoms with E-state index in [1.165, 1.54) is 17.3 Å². The number of aromatic nitrogens is 1. The van der Waals surface area contributed by atoms with E-state index in [1.54, 1.807) is 17.1 Å². The van der Waals surface area contributed by atoms with Gasteiger partial charge in [-0.15, -0.1) is 0 Å². The van der Waals surface area contributed by atoms with Gasteiger partial charge in [0.25, 0.3) is 5.91 Å². The van der Waals surface area contributed by atoms with E-state index < -0.39 is 0 Å². The maximum Gasteiger partial charge on any atom is 0.269 e. The first-order valence-electron chi connectivity index (χ1n) is 9.48. The number of pyridine rings is 1. The summed E-state index contributed by atoms with van der Waals surface area (Å²) in [7, 11) is 0. The van der Waals surface area contributed by atoms with E-state index in [2.05, 4.69) is 35.7 Å². The van der Waals surface area contributed by atoms with Crippen molar-refractivity contribution in [3.8, 4) is 11.9 Å². The van der Waals surface area contributed by atoms with Crippen LogP contribution in [0, 0.1) is 11.3 Å². The molecule has 6 heteroatoms. The Morgan fingerprint density at radius 1 is 1.46 bits per heavy atom. The Bertz CT molecular complexity index is 875. The standard InChI is InChI=1S/C22H24N4O2/c1-16-5-3-7-19(13-16)20-10-11-25-26(20)22(27)17(2)6-4-12-28-21-9-8-18(14-23)15-24-21/h5,8-9,11,13,15,20H,2-4,6-7,10,12H2,1H3. The van der Waals surface area contributed by atoms with E-state index in [0.29, 0.717) is 36.5 Å². The van der Waals surface area contributed by atoms with Crippen molar-refractivity contribution in [1.29, 1.82) is 5.26 Å². The summed E-state index contributed by atoms with van der Waals surface area (Å²) in [6.07, 6.45) is 11.6. The first-order valence-corrected chi connectivity index (χ1v) is 9.48. The van der Waals surface area contributed by atoms with Gasteiger partial charge >= 0.3 is 0 Å². The molecule has 0 radical (unpaired) electrons. The molecule has 1 aromatic rings. The Morgan fingerprint density at radius 3 is 3.04 bits per heavy atom. The fourth-order valence-electron chi connectivity index (χ4n) is 3.33. The topological polar surface area (TPSA) is 78.6 Å². The molecule has 1 aliphatic heterocycles. The lowest BCUT2D eigenvalue weighted by Gasteiger charge is -2.26. The molecule has 1 aliphatic carbocycles. The minimum Gasteiger partial charge on any atom is -0.478 e. The zero-order valence-corrected chi connectivity index (χ0v) is 16.1. The predicted octanol–water partition coefficient (Wildman–Crippen LogP) is 3.92. The van der Waals surface area contributed by atoms with Crippen molar-refractivity contribution in [3.63, 3.8) is 0 Å². The number of nitriles is 1. The van der Waals surface area contributed by atoms with Crippen molar-refractivity contribution in [2.75, 3.05) is 6.61 Å². The first kappa shape index (κ1) is 19.6. The molecular weight excluding hydrogens is 352 g/mol. The van der Waals surface area contributed by atoms with Gasteiger partial charge in [-0.3, -0.25) is 4.79 Å². The van der Waals surface area contributed by atoms with Gasteiger partial charge in [0.1, 0.15) is 6.07 Å². The third-order valence-electron chi connectivity index (χ3n) is 4.82. The number of carbonyl (C=O) groups excluding carboxylic acids is 1. The molecular formula is C22H24N4O2. The molecule has 0 aromatic carbocycles. The Kier molecular flexibility index (Phi) is 6.38. The van der Waals surface area contributed by atoms with Crippen LogP contribution in [0.4, 0.5) is 0 Å². The lowest BCUT2D eigenvalue weighted by atomic mass is 9.93. The summed E-state index contributed by atoms with van der Waals surface area (Å²) in [6.45, 7) is 6.47. The molecule has 1 unspecified atom stereocenters. The summed E-state index contributed by atoms with van der Waals surface area (Å²) in [5.41, 5.74) is 3.52. The van der Waals surface area contributed by atoms with Crippen molar-refractivity contribution < 1.29 is 9.53 Å². The number of nitrogens with zero attached hydrogens (tertiary/aromatic N) is 4. The van der Waals surface area contributed by atoms with Crippen LogP contribution < -0.4 is 4.74 Å². The second-order valence-electron chi connectivity index (χ2n) is 6.96. The van der Waals surface area contributed by atoms with Crippen LogP contribution in [0.25, 0.3) is 0 Å². The van der Waals surface area contributed by atoms with Crippen LogP contribution in [0.3, 0.4) is 0 Å². The molecule has 2 heterocycles. The number of hydrogen-bond acceptors (Lipinski definition) is 5. The van der Waals surface area contributed by atoms with Crippen LogP contribution in [-0.4, -0.2) is 34.8 Å². The number of rotatable bonds is 7. The van der Waals surface area contributed by atoms with Crippen LogP contribution >= 0.6 is 0 Å². The van der Waals surface area contributed by atoms with Crippen molar-refractivity contribution in [3.05, 3.63) is 59.3 Å². The molecule has 1 amide bonds. The number of amides is 1. The smallest absolute Gasteiger partial charge is 0.269 e. The van der Waals surface area contributed by atoms with Crippen LogP contribution in [0.5, 0.6) is 5.88 Å². The molecule has 144 valence electrons. The van der Waals surface area contributed by atoms with Gasteiger partial charge in [0.15, 0.2) is 0 Å². The van der Waals surface area contributed by atoms with Gasteiger partial charge in [0, 0.05) is 30.5 Å². The largest absolute Gasteiger partial charge is 0.478 e. The van der Waals surface area contributed by atoms with Crippen LogP contribution in [0.1, 0.15) is 44.6 Å². The maximum atomic E-state index is 12.8. The fraction of sp³-hybridized carbons (Fsp3) is 0.364. The summed E-state index contributed by atoms with van der Waals surface area (Å²) in [5, 5.41) is 14.6. The van der Waals surface area contributed by atoms with E-state index in [4.69, 9.17) is 10.00 Å². The third kappa shape index (κ3) is 4.74. The molecule has 0 fully saturated rings. The van der Waals surface area contributed by atoms with Crippen LogP contribution in [-0.2, 0) is 4.79 Å². The van der Waals surface area contributed by atoms with E-state index in [1.807, 2.05) is 12.3 Å². The number of ether oxygens (including phenoxy) is 1. The lowest BCUT2D eigenvalue weighted by Crippen LogP contribution is -2.35. The summed E-state index contributed by atoms with van der Waals surface area (Å²) >= 11 is 0. The monoisotopic (exact) mass is 376 g/mol. The Hall–Kier alpha value is -3.20. The second-order valence-corrected chi connectivity index (χ2v) is 6.96. The second kappa shape index (κ2) is 9.14.